The van der Waals surface area contributed by atoms with Gasteiger partial charge in [-0.05, 0) is 5.92 Å². The number of halogens is 3. The molecule has 6 heteroatoms. The molecule has 1 saturated carbocycles. The van der Waals surface area contributed by atoms with E-state index in [-0.39, 0.29) is 29.5 Å². The SMILES string of the molecule is O=c1cc(Cl)ncn1CC1CC(F)(F)C1. The molecule has 1 aliphatic carbocycles. The number of rotatable bonds is 2. The lowest BCUT2D eigenvalue weighted by Gasteiger charge is -2.34. The molecule has 0 radical (unpaired) electrons. The molecule has 1 aliphatic rings. The average Bonchev–Trinajstić information content (AvgIpc) is 2.06. The summed E-state index contributed by atoms with van der Waals surface area (Å²) in [4.78, 5) is 15.1. The molecular formula is C9H9ClF2N2O. The van der Waals surface area contributed by atoms with Gasteiger partial charge in [-0.15, -0.1) is 0 Å². The van der Waals surface area contributed by atoms with E-state index in [1.807, 2.05) is 0 Å². The van der Waals surface area contributed by atoms with E-state index in [0.29, 0.717) is 6.54 Å². The summed E-state index contributed by atoms with van der Waals surface area (Å²) in [5.41, 5.74) is -0.301. The smallest absolute Gasteiger partial charge is 0.254 e. The molecule has 82 valence electrons. The molecule has 0 unspecified atom stereocenters. The van der Waals surface area contributed by atoms with Crippen LogP contribution >= 0.6 is 11.6 Å². The van der Waals surface area contributed by atoms with Crippen LogP contribution < -0.4 is 5.56 Å². The van der Waals surface area contributed by atoms with Crippen molar-refractivity contribution < 1.29 is 8.78 Å². The molecule has 0 N–H and O–H groups in total. The molecule has 1 heterocycles. The van der Waals surface area contributed by atoms with E-state index in [9.17, 15) is 13.6 Å². The molecule has 2 rings (SSSR count). The van der Waals surface area contributed by atoms with Gasteiger partial charge in [0.2, 0.25) is 5.92 Å². The van der Waals surface area contributed by atoms with E-state index in [1.54, 1.807) is 0 Å². The van der Waals surface area contributed by atoms with Crippen LogP contribution in [0.2, 0.25) is 5.15 Å². The van der Waals surface area contributed by atoms with Crippen molar-refractivity contribution in [1.29, 1.82) is 0 Å². The number of aromatic nitrogens is 2. The first kappa shape index (κ1) is 10.5. The van der Waals surface area contributed by atoms with Crippen molar-refractivity contribution in [3.05, 3.63) is 27.9 Å². The van der Waals surface area contributed by atoms with Gasteiger partial charge >= 0.3 is 0 Å². The fraction of sp³-hybridized carbons (Fsp3) is 0.556. The van der Waals surface area contributed by atoms with Gasteiger partial charge < -0.3 is 0 Å². The predicted molar refractivity (Wildman–Crippen MR) is 51.2 cm³/mol. The van der Waals surface area contributed by atoms with Gasteiger partial charge in [0.05, 0.1) is 6.33 Å². The maximum atomic E-state index is 12.5. The standard InChI is InChI=1S/C9H9ClF2N2O/c10-7-1-8(15)14(5-13-7)4-6-2-9(11,12)3-6/h1,5-6H,2-4H2. The van der Waals surface area contributed by atoms with Gasteiger partial charge in [0, 0.05) is 25.5 Å². The average molecular weight is 235 g/mol. The van der Waals surface area contributed by atoms with Crippen molar-refractivity contribution in [3.63, 3.8) is 0 Å². The lowest BCUT2D eigenvalue weighted by atomic mass is 9.81. The highest BCUT2D eigenvalue weighted by molar-refractivity contribution is 6.29. The summed E-state index contributed by atoms with van der Waals surface area (Å²) in [5, 5.41) is 0.121. The van der Waals surface area contributed by atoms with E-state index in [2.05, 4.69) is 4.98 Å². The zero-order valence-electron chi connectivity index (χ0n) is 7.79. The molecule has 0 aromatic carbocycles. The van der Waals surface area contributed by atoms with Gasteiger partial charge in [0.1, 0.15) is 5.15 Å². The zero-order chi connectivity index (χ0) is 11.1. The van der Waals surface area contributed by atoms with Crippen LogP contribution in [0.3, 0.4) is 0 Å². The summed E-state index contributed by atoms with van der Waals surface area (Å²) < 4.78 is 26.4. The Kier molecular flexibility index (Phi) is 2.50. The van der Waals surface area contributed by atoms with Crippen LogP contribution in [0.15, 0.2) is 17.2 Å². The molecule has 0 bridgehead atoms. The first-order valence-electron chi connectivity index (χ1n) is 4.56. The second-order valence-electron chi connectivity index (χ2n) is 3.83. The Morgan fingerprint density at radius 3 is 2.80 bits per heavy atom. The maximum absolute atomic E-state index is 12.5. The molecule has 0 aliphatic heterocycles. The minimum Gasteiger partial charge on any atom is -0.299 e. The number of hydrogen-bond acceptors (Lipinski definition) is 2. The lowest BCUT2D eigenvalue weighted by molar-refractivity contribution is -0.114. The van der Waals surface area contributed by atoms with Crippen LogP contribution in [0, 0.1) is 5.92 Å². The Morgan fingerprint density at radius 2 is 2.27 bits per heavy atom. The van der Waals surface area contributed by atoms with Crippen molar-refractivity contribution in [2.45, 2.75) is 25.3 Å². The molecule has 1 fully saturated rings. The predicted octanol–water partition coefficient (Wildman–Crippen LogP) is 1.94. The van der Waals surface area contributed by atoms with E-state index in [0.717, 1.165) is 0 Å². The van der Waals surface area contributed by atoms with Gasteiger partial charge in [-0.2, -0.15) is 0 Å². The third kappa shape index (κ3) is 2.34. The van der Waals surface area contributed by atoms with Crippen LogP contribution in [0.1, 0.15) is 12.8 Å². The van der Waals surface area contributed by atoms with Gasteiger partial charge in [-0.25, -0.2) is 13.8 Å². The molecule has 3 nitrogen and oxygen atoms in total. The van der Waals surface area contributed by atoms with E-state index in [4.69, 9.17) is 11.6 Å². The Hall–Kier alpha value is -0.970. The summed E-state index contributed by atoms with van der Waals surface area (Å²) in [7, 11) is 0. The molecule has 0 spiro atoms. The van der Waals surface area contributed by atoms with Crippen LogP contribution in [0.25, 0.3) is 0 Å². The molecule has 15 heavy (non-hydrogen) atoms. The van der Waals surface area contributed by atoms with Gasteiger partial charge in [0.25, 0.3) is 5.56 Å². The largest absolute Gasteiger partial charge is 0.299 e. The van der Waals surface area contributed by atoms with Gasteiger partial charge in [-0.1, -0.05) is 11.6 Å². The van der Waals surface area contributed by atoms with Gasteiger partial charge in [-0.3, -0.25) is 9.36 Å². The summed E-state index contributed by atoms with van der Waals surface area (Å²) >= 11 is 5.50. The summed E-state index contributed by atoms with van der Waals surface area (Å²) in [6, 6.07) is 1.18. The molecule has 0 saturated heterocycles. The maximum Gasteiger partial charge on any atom is 0.254 e. The highest BCUT2D eigenvalue weighted by atomic mass is 35.5. The summed E-state index contributed by atoms with van der Waals surface area (Å²) in [5.74, 6) is -2.69. The lowest BCUT2D eigenvalue weighted by Crippen LogP contribution is -2.39. The Labute approximate surface area is 89.7 Å². The van der Waals surface area contributed by atoms with Crippen molar-refractivity contribution >= 4 is 11.6 Å². The third-order valence-corrected chi connectivity index (χ3v) is 2.68. The highest BCUT2D eigenvalue weighted by Crippen LogP contribution is 2.42. The molecule has 1 aromatic heterocycles. The summed E-state index contributed by atoms with van der Waals surface area (Å²) in [6.45, 7) is 0.290. The second-order valence-corrected chi connectivity index (χ2v) is 4.22. The third-order valence-electron chi connectivity index (χ3n) is 2.48. The van der Waals surface area contributed by atoms with Crippen LogP contribution in [-0.2, 0) is 6.54 Å². The fourth-order valence-corrected chi connectivity index (χ4v) is 1.87. The van der Waals surface area contributed by atoms with E-state index in [1.165, 1.54) is 17.0 Å². The van der Waals surface area contributed by atoms with Crippen molar-refractivity contribution in [1.82, 2.24) is 9.55 Å². The van der Waals surface area contributed by atoms with E-state index >= 15 is 0 Å². The first-order valence-corrected chi connectivity index (χ1v) is 4.94. The highest BCUT2D eigenvalue weighted by Gasteiger charge is 2.45. The van der Waals surface area contributed by atoms with Crippen LogP contribution in [-0.4, -0.2) is 15.5 Å². The number of alkyl halides is 2. The van der Waals surface area contributed by atoms with Crippen molar-refractivity contribution in [2.75, 3.05) is 0 Å². The molecule has 0 atom stereocenters. The minimum atomic E-state index is -2.55. The molecular weight excluding hydrogens is 226 g/mol. The zero-order valence-corrected chi connectivity index (χ0v) is 8.55. The number of hydrogen-bond donors (Lipinski definition) is 0. The second kappa shape index (κ2) is 3.56. The van der Waals surface area contributed by atoms with Gasteiger partial charge in [0.15, 0.2) is 0 Å². The van der Waals surface area contributed by atoms with Crippen molar-refractivity contribution in [2.24, 2.45) is 5.92 Å². The quantitative estimate of drug-likeness (QED) is 0.733. The first-order chi connectivity index (χ1) is 6.96. The normalized spacial score (nSPS) is 19.9. The summed E-state index contributed by atoms with van der Waals surface area (Å²) in [6.07, 6.45) is 0.991. The number of nitrogens with zero attached hydrogens (tertiary/aromatic N) is 2. The Bertz CT molecular complexity index is 424. The monoisotopic (exact) mass is 234 g/mol. The Balaban J connectivity index is 2.04. The van der Waals surface area contributed by atoms with Crippen LogP contribution in [0.4, 0.5) is 8.78 Å². The molecule has 0 amide bonds. The minimum absolute atomic E-state index is 0.121. The fourth-order valence-electron chi connectivity index (χ4n) is 1.73. The topological polar surface area (TPSA) is 34.9 Å². The molecule has 1 aromatic rings. The Morgan fingerprint density at radius 1 is 1.60 bits per heavy atom. The van der Waals surface area contributed by atoms with Crippen LogP contribution in [0.5, 0.6) is 0 Å². The van der Waals surface area contributed by atoms with E-state index < -0.39 is 5.92 Å². The van der Waals surface area contributed by atoms with Crippen molar-refractivity contribution in [3.8, 4) is 0 Å².